The third-order valence-corrected chi connectivity index (χ3v) is 11.2. The Hall–Kier alpha value is -5.55. The van der Waals surface area contributed by atoms with Gasteiger partial charge in [0.05, 0.1) is 17.5 Å². The van der Waals surface area contributed by atoms with Crippen molar-refractivity contribution in [2.24, 2.45) is 5.41 Å². The second-order valence-electron chi connectivity index (χ2n) is 15.1. The lowest BCUT2D eigenvalue weighted by Crippen LogP contribution is -2.49. The maximum Gasteiger partial charge on any atom is 0.262 e. The van der Waals surface area contributed by atoms with E-state index in [-0.39, 0.29) is 30.1 Å². The highest BCUT2D eigenvalue weighted by Crippen LogP contribution is 2.41. The number of ketones is 1. The molecule has 2 heterocycles. The quantitative estimate of drug-likeness (QED) is 0.130. The number of nitrogens with one attached hydrogen (secondary N) is 2. The van der Waals surface area contributed by atoms with Crippen molar-refractivity contribution < 1.29 is 29.0 Å². The van der Waals surface area contributed by atoms with Gasteiger partial charge in [-0.15, -0.1) is 0 Å². The van der Waals surface area contributed by atoms with Gasteiger partial charge in [-0.05, 0) is 98.9 Å². The molecular formula is C45H53N5O6. The molecule has 56 heavy (non-hydrogen) atoms. The molecule has 1 aliphatic heterocycles. The molecular weight excluding hydrogens is 707 g/mol. The lowest BCUT2D eigenvalue weighted by Gasteiger charge is -2.33. The maximum absolute atomic E-state index is 14.3. The molecule has 2 fully saturated rings. The van der Waals surface area contributed by atoms with Gasteiger partial charge in [-0.2, -0.15) is 0 Å². The number of hydrogen-bond acceptors (Lipinski definition) is 8. The summed E-state index contributed by atoms with van der Waals surface area (Å²) in [6.07, 6.45) is 7.64. The molecule has 3 amide bonds. The van der Waals surface area contributed by atoms with Crippen LogP contribution < -0.4 is 20.3 Å². The van der Waals surface area contributed by atoms with E-state index in [1.54, 1.807) is 17.3 Å². The van der Waals surface area contributed by atoms with E-state index in [2.05, 4.69) is 27.8 Å². The van der Waals surface area contributed by atoms with E-state index in [0.717, 1.165) is 48.1 Å². The number of benzene rings is 3. The van der Waals surface area contributed by atoms with Crippen LogP contribution in [0.15, 0.2) is 109 Å². The fourth-order valence-corrected chi connectivity index (χ4v) is 8.22. The number of amides is 3. The molecule has 1 aromatic heterocycles. The second-order valence-corrected chi connectivity index (χ2v) is 15.1. The fraction of sp³-hybridized carbons (Fsp3) is 0.400. The second kappa shape index (κ2) is 18.9. The van der Waals surface area contributed by atoms with E-state index in [1.807, 2.05) is 89.8 Å². The number of pyridine rings is 1. The molecule has 3 N–H and O–H groups in total. The summed E-state index contributed by atoms with van der Waals surface area (Å²) in [6.45, 7) is 3.18. The number of aromatic nitrogens is 1. The predicted octanol–water partition coefficient (Wildman–Crippen LogP) is 5.40. The lowest BCUT2D eigenvalue weighted by molar-refractivity contribution is -0.137. The fourth-order valence-electron chi connectivity index (χ4n) is 8.22. The summed E-state index contributed by atoms with van der Waals surface area (Å²) in [5.41, 5.74) is 2.97. The zero-order valence-electron chi connectivity index (χ0n) is 32.3. The Morgan fingerprint density at radius 1 is 0.875 bits per heavy atom. The van der Waals surface area contributed by atoms with E-state index >= 15 is 0 Å². The van der Waals surface area contributed by atoms with Crippen molar-refractivity contribution >= 4 is 29.2 Å². The standard InChI is InChI=1S/C45H53N5O6/c1-32(51)39(48-44(55)45(23-9-10-24-45)25-27-47-33(2)52)28-35-17-20-37(21-18-35)49-41(22-19-34-12-5-3-6-13-34)50(42(53)31-56-38-15-7-4-8-16-38)40(43(49)54)29-36-14-11-26-46-30-36/h3-8,11-18,20-21,26,30,39-41,43,54H,9-10,19,22-25,27-29,31H2,1-2H3,(H,47,52)(H,48,55). The minimum Gasteiger partial charge on any atom is -0.484 e. The molecule has 2 aliphatic rings. The zero-order chi connectivity index (χ0) is 39.5. The van der Waals surface area contributed by atoms with Gasteiger partial charge in [-0.3, -0.25) is 24.2 Å². The molecule has 6 rings (SSSR count). The topological polar surface area (TPSA) is 141 Å². The largest absolute Gasteiger partial charge is 0.484 e. The summed E-state index contributed by atoms with van der Waals surface area (Å²) in [7, 11) is 0. The number of aryl methyl sites for hydroxylation is 1. The first-order valence-corrected chi connectivity index (χ1v) is 19.7. The van der Waals surface area contributed by atoms with Gasteiger partial charge >= 0.3 is 0 Å². The molecule has 294 valence electrons. The molecule has 1 saturated heterocycles. The van der Waals surface area contributed by atoms with Crippen molar-refractivity contribution in [2.75, 3.05) is 18.1 Å². The van der Waals surface area contributed by atoms with E-state index < -0.39 is 29.9 Å². The molecule has 0 spiro atoms. The van der Waals surface area contributed by atoms with Crippen molar-refractivity contribution in [2.45, 2.75) is 96.1 Å². The number of anilines is 1. The van der Waals surface area contributed by atoms with Crippen molar-refractivity contribution in [1.29, 1.82) is 0 Å². The zero-order valence-corrected chi connectivity index (χ0v) is 32.3. The summed E-state index contributed by atoms with van der Waals surface area (Å²) >= 11 is 0. The number of carbonyl (C=O) groups excluding carboxylic acids is 4. The minimum atomic E-state index is -1.05. The van der Waals surface area contributed by atoms with E-state index in [1.165, 1.54) is 13.8 Å². The molecule has 4 unspecified atom stereocenters. The summed E-state index contributed by atoms with van der Waals surface area (Å²) in [5, 5.41) is 18.1. The highest BCUT2D eigenvalue weighted by atomic mass is 16.5. The van der Waals surface area contributed by atoms with Gasteiger partial charge in [0.2, 0.25) is 11.8 Å². The van der Waals surface area contributed by atoms with Crippen molar-refractivity contribution in [3.63, 3.8) is 0 Å². The highest BCUT2D eigenvalue weighted by molar-refractivity contribution is 5.90. The van der Waals surface area contributed by atoms with E-state index in [0.29, 0.717) is 44.4 Å². The monoisotopic (exact) mass is 759 g/mol. The van der Waals surface area contributed by atoms with Crippen LogP contribution in [0.4, 0.5) is 5.69 Å². The lowest BCUT2D eigenvalue weighted by atomic mass is 9.81. The number of Topliss-reactive ketones (excluding diaryl/α,β-unsaturated/α-hetero) is 1. The smallest absolute Gasteiger partial charge is 0.262 e. The number of rotatable bonds is 17. The van der Waals surface area contributed by atoms with Crippen molar-refractivity contribution in [3.8, 4) is 5.75 Å². The normalized spacial score (nSPS) is 19.3. The van der Waals surface area contributed by atoms with Gasteiger partial charge in [0.25, 0.3) is 5.91 Å². The number of aliphatic hydroxyl groups is 1. The number of hydrogen-bond donors (Lipinski definition) is 3. The van der Waals surface area contributed by atoms with Crippen LogP contribution in [0.2, 0.25) is 0 Å². The Labute approximate surface area is 329 Å². The van der Waals surface area contributed by atoms with Crippen LogP contribution in [0.1, 0.15) is 69.1 Å². The van der Waals surface area contributed by atoms with Gasteiger partial charge in [0.15, 0.2) is 12.4 Å². The Bertz CT molecular complexity index is 1900. The molecule has 4 atom stereocenters. The van der Waals surface area contributed by atoms with Crippen LogP contribution in [0.3, 0.4) is 0 Å². The summed E-state index contributed by atoms with van der Waals surface area (Å²) < 4.78 is 5.95. The van der Waals surface area contributed by atoms with Gasteiger partial charge in [-0.25, -0.2) is 0 Å². The van der Waals surface area contributed by atoms with Crippen molar-refractivity contribution in [1.82, 2.24) is 20.5 Å². The van der Waals surface area contributed by atoms with Crippen LogP contribution >= 0.6 is 0 Å². The predicted molar refractivity (Wildman–Crippen MR) is 215 cm³/mol. The summed E-state index contributed by atoms with van der Waals surface area (Å²) in [6, 6.07) is 29.4. The molecule has 11 nitrogen and oxygen atoms in total. The Balaban J connectivity index is 1.25. The first-order valence-electron chi connectivity index (χ1n) is 19.7. The first kappa shape index (κ1) is 40.1. The van der Waals surface area contributed by atoms with E-state index in [9.17, 15) is 24.3 Å². The van der Waals surface area contributed by atoms with Crippen LogP contribution in [0, 0.1) is 5.41 Å². The molecule has 0 radical (unpaired) electrons. The van der Waals surface area contributed by atoms with Crippen LogP contribution in [-0.4, -0.2) is 76.1 Å². The van der Waals surface area contributed by atoms with E-state index in [4.69, 9.17) is 4.74 Å². The number of aliphatic hydroxyl groups excluding tert-OH is 1. The van der Waals surface area contributed by atoms with Gasteiger partial charge in [0, 0.05) is 31.5 Å². The average Bonchev–Trinajstić information content (AvgIpc) is 3.80. The number of nitrogens with zero attached hydrogens (tertiary/aromatic N) is 3. The Morgan fingerprint density at radius 2 is 1.55 bits per heavy atom. The summed E-state index contributed by atoms with van der Waals surface area (Å²) in [4.78, 5) is 60.4. The number of carbonyl (C=O) groups is 4. The molecule has 1 aliphatic carbocycles. The molecule has 4 aromatic rings. The third-order valence-electron chi connectivity index (χ3n) is 11.2. The van der Waals surface area contributed by atoms with Crippen LogP contribution in [0.5, 0.6) is 5.75 Å². The number of para-hydroxylation sites is 1. The van der Waals surface area contributed by atoms with Gasteiger partial charge in [0.1, 0.15) is 18.1 Å². The Morgan fingerprint density at radius 3 is 2.20 bits per heavy atom. The minimum absolute atomic E-state index is 0.132. The maximum atomic E-state index is 14.3. The Kier molecular flexibility index (Phi) is 13.5. The highest BCUT2D eigenvalue weighted by Gasteiger charge is 2.48. The van der Waals surface area contributed by atoms with Gasteiger partial charge in [-0.1, -0.05) is 79.6 Å². The summed E-state index contributed by atoms with van der Waals surface area (Å²) in [5.74, 6) is -0.0666. The molecule has 3 aromatic carbocycles. The SMILES string of the molecule is CC(=O)NCCC1(C(=O)NC(Cc2ccc(N3C(O)C(Cc4cccnc4)N(C(=O)COc4ccccc4)C3CCc3ccccc3)cc2)C(C)=O)CCCC1. The molecule has 11 heteroatoms. The van der Waals surface area contributed by atoms with Crippen LogP contribution in [0.25, 0.3) is 0 Å². The average molecular weight is 760 g/mol. The number of ether oxygens (including phenoxy) is 1. The molecule has 1 saturated carbocycles. The molecule has 0 bridgehead atoms. The van der Waals surface area contributed by atoms with Gasteiger partial charge < -0.3 is 30.3 Å². The van der Waals surface area contributed by atoms with Crippen LogP contribution in [-0.2, 0) is 38.4 Å². The third kappa shape index (κ3) is 10.00. The first-order chi connectivity index (χ1) is 27.1. The van der Waals surface area contributed by atoms with Crippen molar-refractivity contribution in [3.05, 3.63) is 126 Å².